The van der Waals surface area contributed by atoms with Crippen molar-refractivity contribution >= 4 is 5.96 Å². The van der Waals surface area contributed by atoms with Crippen molar-refractivity contribution in [2.75, 3.05) is 52.9 Å². The molecule has 6 heteroatoms. The van der Waals surface area contributed by atoms with Gasteiger partial charge in [-0.05, 0) is 26.8 Å². The van der Waals surface area contributed by atoms with Crippen molar-refractivity contribution < 1.29 is 4.74 Å². The maximum Gasteiger partial charge on any atom is 0.188 e. The normalized spacial score (nSPS) is 27.7. The van der Waals surface area contributed by atoms with E-state index in [1.807, 2.05) is 0 Å². The number of piperazine rings is 1. The van der Waals surface area contributed by atoms with Crippen LogP contribution in [0.3, 0.4) is 0 Å². The molecule has 2 saturated heterocycles. The summed E-state index contributed by atoms with van der Waals surface area (Å²) in [5, 5.41) is 3.17. The molecule has 2 unspecified atom stereocenters. The summed E-state index contributed by atoms with van der Waals surface area (Å²) < 4.78 is 5.55. The molecule has 6 nitrogen and oxygen atoms in total. The Balaban J connectivity index is 1.65. The molecular formula is C14H29N5O. The molecule has 0 spiro atoms. The highest BCUT2D eigenvalue weighted by Crippen LogP contribution is 2.10. The highest BCUT2D eigenvalue weighted by atomic mass is 16.5. The van der Waals surface area contributed by atoms with Crippen molar-refractivity contribution in [1.29, 1.82) is 0 Å². The van der Waals surface area contributed by atoms with Gasteiger partial charge in [-0.2, -0.15) is 0 Å². The monoisotopic (exact) mass is 283 g/mol. The van der Waals surface area contributed by atoms with Gasteiger partial charge in [0.05, 0.1) is 12.6 Å². The van der Waals surface area contributed by atoms with Gasteiger partial charge in [0.25, 0.3) is 0 Å². The number of nitrogens with zero attached hydrogens (tertiary/aromatic N) is 3. The first kappa shape index (κ1) is 15.5. The van der Waals surface area contributed by atoms with E-state index in [1.165, 1.54) is 0 Å². The number of nitrogens with two attached hydrogens (primary N) is 1. The van der Waals surface area contributed by atoms with Gasteiger partial charge in [-0.25, -0.2) is 0 Å². The van der Waals surface area contributed by atoms with Gasteiger partial charge < -0.3 is 20.7 Å². The smallest absolute Gasteiger partial charge is 0.188 e. The second-order valence-corrected chi connectivity index (χ2v) is 5.93. The predicted octanol–water partition coefficient (Wildman–Crippen LogP) is -0.294. The number of rotatable bonds is 5. The third kappa shape index (κ3) is 4.92. The average Bonchev–Trinajstić information content (AvgIpc) is 2.96. The van der Waals surface area contributed by atoms with Crippen molar-refractivity contribution in [3.05, 3.63) is 0 Å². The summed E-state index contributed by atoms with van der Waals surface area (Å²) in [5.41, 5.74) is 5.91. The molecule has 0 saturated carbocycles. The average molecular weight is 283 g/mol. The lowest BCUT2D eigenvalue weighted by Crippen LogP contribution is -2.49. The second-order valence-electron chi connectivity index (χ2n) is 5.93. The molecule has 2 atom stereocenters. The molecule has 0 radical (unpaired) electrons. The van der Waals surface area contributed by atoms with Crippen LogP contribution in [0.4, 0.5) is 0 Å². The van der Waals surface area contributed by atoms with Crippen molar-refractivity contribution in [3.63, 3.8) is 0 Å². The SMILES string of the molecule is CC(CN=C(N)NCC1CCCO1)N1CCN(C)CC1. The number of ether oxygens (including phenoxy) is 1. The Morgan fingerprint density at radius 1 is 1.40 bits per heavy atom. The minimum absolute atomic E-state index is 0.304. The van der Waals surface area contributed by atoms with Gasteiger partial charge in [0.2, 0.25) is 0 Å². The fraction of sp³-hybridized carbons (Fsp3) is 0.929. The van der Waals surface area contributed by atoms with E-state index in [0.29, 0.717) is 18.1 Å². The molecule has 20 heavy (non-hydrogen) atoms. The molecule has 2 aliphatic heterocycles. The zero-order valence-corrected chi connectivity index (χ0v) is 12.8. The van der Waals surface area contributed by atoms with E-state index in [1.54, 1.807) is 0 Å². The molecule has 2 aliphatic rings. The van der Waals surface area contributed by atoms with Gasteiger partial charge in [-0.15, -0.1) is 0 Å². The number of likely N-dealkylation sites (N-methyl/N-ethyl adjacent to an activating group) is 1. The standard InChI is InChI=1S/C14H29N5O/c1-12(19-7-5-18(2)6-8-19)10-16-14(15)17-11-13-4-3-9-20-13/h12-13H,3-11H2,1-2H3,(H3,15,16,17). The molecule has 0 aliphatic carbocycles. The molecule has 0 bridgehead atoms. The summed E-state index contributed by atoms with van der Waals surface area (Å²) in [6.07, 6.45) is 2.58. The molecule has 0 amide bonds. The third-order valence-electron chi connectivity index (χ3n) is 4.22. The van der Waals surface area contributed by atoms with E-state index in [4.69, 9.17) is 10.5 Å². The Morgan fingerprint density at radius 3 is 2.80 bits per heavy atom. The Bertz CT molecular complexity index is 309. The van der Waals surface area contributed by atoms with E-state index in [-0.39, 0.29) is 0 Å². The first-order valence-corrected chi connectivity index (χ1v) is 7.73. The summed E-state index contributed by atoms with van der Waals surface area (Å²) in [6.45, 7) is 9.16. The maximum absolute atomic E-state index is 5.91. The topological polar surface area (TPSA) is 66.1 Å². The first-order chi connectivity index (χ1) is 9.65. The van der Waals surface area contributed by atoms with Crippen molar-refractivity contribution in [3.8, 4) is 0 Å². The molecule has 2 rings (SSSR count). The predicted molar refractivity (Wildman–Crippen MR) is 82.0 cm³/mol. The van der Waals surface area contributed by atoms with Crippen LogP contribution in [-0.2, 0) is 4.74 Å². The van der Waals surface area contributed by atoms with Gasteiger partial charge >= 0.3 is 0 Å². The molecule has 2 heterocycles. The van der Waals surface area contributed by atoms with Gasteiger partial charge in [-0.3, -0.25) is 9.89 Å². The molecule has 3 N–H and O–H groups in total. The van der Waals surface area contributed by atoms with Crippen molar-refractivity contribution in [2.24, 2.45) is 10.7 Å². The lowest BCUT2D eigenvalue weighted by Gasteiger charge is -2.35. The van der Waals surface area contributed by atoms with Crippen LogP contribution in [0.5, 0.6) is 0 Å². The van der Waals surface area contributed by atoms with E-state index >= 15 is 0 Å². The highest BCUT2D eigenvalue weighted by molar-refractivity contribution is 5.77. The van der Waals surface area contributed by atoms with Crippen LogP contribution in [0, 0.1) is 0 Å². The minimum Gasteiger partial charge on any atom is -0.376 e. The fourth-order valence-electron chi connectivity index (χ4n) is 2.69. The van der Waals surface area contributed by atoms with Crippen molar-refractivity contribution in [2.45, 2.75) is 31.9 Å². The van der Waals surface area contributed by atoms with Gasteiger partial charge in [-0.1, -0.05) is 0 Å². The first-order valence-electron chi connectivity index (χ1n) is 7.73. The van der Waals surface area contributed by atoms with Crippen molar-refractivity contribution in [1.82, 2.24) is 15.1 Å². The quantitative estimate of drug-likeness (QED) is 0.536. The Morgan fingerprint density at radius 2 is 2.15 bits per heavy atom. The van der Waals surface area contributed by atoms with Crippen LogP contribution in [0.2, 0.25) is 0 Å². The van der Waals surface area contributed by atoms with Gasteiger partial charge in [0.1, 0.15) is 0 Å². The summed E-state index contributed by atoms with van der Waals surface area (Å²) >= 11 is 0. The van der Waals surface area contributed by atoms with Crippen LogP contribution < -0.4 is 11.1 Å². The molecule has 0 aromatic rings. The van der Waals surface area contributed by atoms with E-state index in [0.717, 1.165) is 58.7 Å². The summed E-state index contributed by atoms with van der Waals surface area (Å²) in [7, 11) is 2.17. The van der Waals surface area contributed by atoms with Crippen LogP contribution in [-0.4, -0.2) is 80.8 Å². The van der Waals surface area contributed by atoms with Crippen LogP contribution in [0.15, 0.2) is 4.99 Å². The van der Waals surface area contributed by atoms with Crippen LogP contribution in [0.1, 0.15) is 19.8 Å². The van der Waals surface area contributed by atoms with Gasteiger partial charge in [0.15, 0.2) is 5.96 Å². The lowest BCUT2D eigenvalue weighted by molar-refractivity contribution is 0.113. The van der Waals surface area contributed by atoms with Gasteiger partial charge in [0, 0.05) is 45.4 Å². The summed E-state index contributed by atoms with van der Waals surface area (Å²) in [4.78, 5) is 9.30. The Hall–Kier alpha value is -0.850. The number of nitrogens with one attached hydrogen (secondary N) is 1. The number of guanidine groups is 1. The fourth-order valence-corrected chi connectivity index (χ4v) is 2.69. The highest BCUT2D eigenvalue weighted by Gasteiger charge is 2.19. The van der Waals surface area contributed by atoms with E-state index in [9.17, 15) is 0 Å². The molecule has 116 valence electrons. The molecule has 2 fully saturated rings. The second kappa shape index (κ2) is 7.81. The molecule has 0 aromatic heterocycles. The number of hydrogen-bond acceptors (Lipinski definition) is 4. The van der Waals surface area contributed by atoms with Crippen LogP contribution >= 0.6 is 0 Å². The number of hydrogen-bond donors (Lipinski definition) is 2. The number of aliphatic imine (C=N–C) groups is 1. The van der Waals surface area contributed by atoms with E-state index < -0.39 is 0 Å². The molecular weight excluding hydrogens is 254 g/mol. The largest absolute Gasteiger partial charge is 0.376 e. The lowest BCUT2D eigenvalue weighted by atomic mass is 10.2. The van der Waals surface area contributed by atoms with E-state index in [2.05, 4.69) is 34.1 Å². The van der Waals surface area contributed by atoms with Crippen LogP contribution in [0.25, 0.3) is 0 Å². The zero-order chi connectivity index (χ0) is 14.4. The maximum atomic E-state index is 5.91. The Labute approximate surface area is 122 Å². The third-order valence-corrected chi connectivity index (χ3v) is 4.22. The Kier molecular flexibility index (Phi) is 6.06. The zero-order valence-electron chi connectivity index (χ0n) is 12.8. The molecule has 0 aromatic carbocycles. The minimum atomic E-state index is 0.304. The summed E-state index contributed by atoms with van der Waals surface area (Å²) in [6, 6.07) is 0.451. The summed E-state index contributed by atoms with van der Waals surface area (Å²) in [5.74, 6) is 0.543.